The van der Waals surface area contributed by atoms with Crippen LogP contribution in [0.2, 0.25) is 0 Å². The van der Waals surface area contributed by atoms with Gasteiger partial charge in [-0.05, 0) is 31.1 Å². The van der Waals surface area contributed by atoms with Crippen LogP contribution in [0.5, 0.6) is 0 Å². The molecular weight excluding hydrogens is 210 g/mol. The molecule has 4 heteroatoms. The molecule has 2 fully saturated rings. The van der Waals surface area contributed by atoms with E-state index in [0.29, 0.717) is 12.0 Å². The van der Waals surface area contributed by atoms with Crippen LogP contribution in [-0.4, -0.2) is 46.6 Å². The minimum Gasteiger partial charge on any atom is -0.481 e. The number of aliphatic carboxylic acids is 1. The Morgan fingerprint density at radius 2 is 2.27 bits per heavy atom. The predicted molar refractivity (Wildman–Crippen MR) is 62.2 cm³/mol. The molecule has 15 heavy (non-hydrogen) atoms. The molecule has 0 spiro atoms. The summed E-state index contributed by atoms with van der Waals surface area (Å²) in [5.74, 6) is 2.10. The van der Waals surface area contributed by atoms with Crippen molar-refractivity contribution < 1.29 is 9.90 Å². The van der Waals surface area contributed by atoms with Crippen LogP contribution in [0.4, 0.5) is 0 Å². The molecule has 2 heterocycles. The lowest BCUT2D eigenvalue weighted by Gasteiger charge is -2.38. The predicted octanol–water partition coefficient (Wildman–Crippen LogP) is 1.53. The number of nitrogens with zero attached hydrogens (tertiary/aromatic N) is 1. The average Bonchev–Trinajstić information content (AvgIpc) is 2.69. The summed E-state index contributed by atoms with van der Waals surface area (Å²) in [4.78, 5) is 13.5. The van der Waals surface area contributed by atoms with Crippen LogP contribution in [0.15, 0.2) is 0 Å². The lowest BCUT2D eigenvalue weighted by atomic mass is 9.86. The third kappa shape index (κ3) is 2.48. The van der Waals surface area contributed by atoms with Crippen molar-refractivity contribution >= 4 is 17.7 Å². The van der Waals surface area contributed by atoms with Crippen LogP contribution >= 0.6 is 11.8 Å². The molecule has 2 aliphatic rings. The Labute approximate surface area is 95.2 Å². The fraction of sp³-hybridized carbons (Fsp3) is 0.909. The molecule has 2 aliphatic heterocycles. The van der Waals surface area contributed by atoms with Crippen molar-refractivity contribution in [2.75, 3.05) is 24.6 Å². The molecule has 0 aromatic carbocycles. The molecule has 2 rings (SSSR count). The van der Waals surface area contributed by atoms with Crippen molar-refractivity contribution in [3.8, 4) is 0 Å². The van der Waals surface area contributed by atoms with Gasteiger partial charge >= 0.3 is 5.97 Å². The number of rotatable bonds is 2. The second-order valence-electron chi connectivity index (χ2n) is 4.72. The normalized spacial score (nSPS) is 38.1. The highest BCUT2D eigenvalue weighted by atomic mass is 32.2. The van der Waals surface area contributed by atoms with E-state index >= 15 is 0 Å². The third-order valence-electron chi connectivity index (χ3n) is 3.68. The Morgan fingerprint density at radius 1 is 1.47 bits per heavy atom. The van der Waals surface area contributed by atoms with Crippen LogP contribution in [-0.2, 0) is 4.79 Å². The largest absolute Gasteiger partial charge is 0.481 e. The zero-order chi connectivity index (χ0) is 10.8. The van der Waals surface area contributed by atoms with Crippen molar-refractivity contribution in [2.24, 2.45) is 11.8 Å². The van der Waals surface area contributed by atoms with Gasteiger partial charge in [0.05, 0.1) is 5.92 Å². The van der Waals surface area contributed by atoms with Crippen molar-refractivity contribution in [2.45, 2.75) is 25.8 Å². The average molecular weight is 229 g/mol. The van der Waals surface area contributed by atoms with Crippen LogP contribution in [0, 0.1) is 11.8 Å². The van der Waals surface area contributed by atoms with E-state index in [1.54, 1.807) is 0 Å². The van der Waals surface area contributed by atoms with E-state index in [1.165, 1.54) is 17.9 Å². The maximum atomic E-state index is 11.0. The second-order valence-corrected chi connectivity index (χ2v) is 5.87. The third-order valence-corrected chi connectivity index (χ3v) is 4.82. The van der Waals surface area contributed by atoms with Crippen LogP contribution in [0.25, 0.3) is 0 Å². The summed E-state index contributed by atoms with van der Waals surface area (Å²) in [6, 6.07) is 0.715. The van der Waals surface area contributed by atoms with E-state index < -0.39 is 5.97 Å². The smallest absolute Gasteiger partial charge is 0.306 e. The molecule has 0 saturated carbocycles. The van der Waals surface area contributed by atoms with E-state index in [9.17, 15) is 4.79 Å². The first-order chi connectivity index (χ1) is 7.18. The van der Waals surface area contributed by atoms with E-state index in [1.807, 2.05) is 11.8 Å². The van der Waals surface area contributed by atoms with Gasteiger partial charge in [0.25, 0.3) is 0 Å². The minimum absolute atomic E-state index is 0.115. The molecular formula is C11H19NO2S. The maximum absolute atomic E-state index is 11.0. The van der Waals surface area contributed by atoms with Gasteiger partial charge in [0, 0.05) is 18.3 Å². The van der Waals surface area contributed by atoms with Crippen molar-refractivity contribution in [3.63, 3.8) is 0 Å². The standard InChI is InChI=1S/C11H19NO2S/c1-8-6-12(9-3-5-15-7-9)4-2-10(8)11(13)14/h8-10H,2-7H2,1H3,(H,13,14). The van der Waals surface area contributed by atoms with Gasteiger partial charge in [-0.3, -0.25) is 9.69 Å². The van der Waals surface area contributed by atoms with E-state index in [4.69, 9.17) is 5.11 Å². The van der Waals surface area contributed by atoms with E-state index in [0.717, 1.165) is 19.5 Å². The van der Waals surface area contributed by atoms with Gasteiger partial charge < -0.3 is 5.11 Å². The van der Waals surface area contributed by atoms with Gasteiger partial charge in [-0.15, -0.1) is 0 Å². The fourth-order valence-corrected chi connectivity index (χ4v) is 3.94. The highest BCUT2D eigenvalue weighted by molar-refractivity contribution is 7.99. The second kappa shape index (κ2) is 4.74. The molecule has 3 unspecified atom stereocenters. The highest BCUT2D eigenvalue weighted by Gasteiger charge is 2.34. The van der Waals surface area contributed by atoms with Gasteiger partial charge in [0.1, 0.15) is 0 Å². The highest BCUT2D eigenvalue weighted by Crippen LogP contribution is 2.29. The van der Waals surface area contributed by atoms with Crippen molar-refractivity contribution in [3.05, 3.63) is 0 Å². The number of likely N-dealkylation sites (tertiary alicyclic amines) is 1. The first-order valence-corrected chi connectivity index (χ1v) is 6.88. The zero-order valence-electron chi connectivity index (χ0n) is 9.19. The van der Waals surface area contributed by atoms with E-state index in [-0.39, 0.29) is 5.92 Å². The molecule has 86 valence electrons. The molecule has 3 atom stereocenters. The van der Waals surface area contributed by atoms with Crippen LogP contribution in [0.3, 0.4) is 0 Å². The summed E-state index contributed by atoms with van der Waals surface area (Å²) in [5, 5.41) is 9.04. The SMILES string of the molecule is CC1CN(C2CCSC2)CCC1C(=O)O. The van der Waals surface area contributed by atoms with Gasteiger partial charge in [-0.1, -0.05) is 6.92 Å². The number of hydrogen-bond donors (Lipinski definition) is 1. The van der Waals surface area contributed by atoms with Crippen LogP contribution in [0.1, 0.15) is 19.8 Å². The molecule has 2 saturated heterocycles. The summed E-state index contributed by atoms with van der Waals surface area (Å²) < 4.78 is 0. The maximum Gasteiger partial charge on any atom is 0.306 e. The van der Waals surface area contributed by atoms with Crippen LogP contribution < -0.4 is 0 Å². The molecule has 0 bridgehead atoms. The number of thioether (sulfide) groups is 1. The number of carboxylic acid groups (broad SMARTS) is 1. The number of carbonyl (C=O) groups is 1. The Morgan fingerprint density at radius 3 is 2.80 bits per heavy atom. The fourth-order valence-electron chi connectivity index (χ4n) is 2.69. The molecule has 0 aromatic rings. The van der Waals surface area contributed by atoms with Crippen molar-refractivity contribution in [1.82, 2.24) is 4.90 Å². The van der Waals surface area contributed by atoms with Gasteiger partial charge in [0.15, 0.2) is 0 Å². The molecule has 0 aliphatic carbocycles. The summed E-state index contributed by atoms with van der Waals surface area (Å²) in [6.45, 7) is 4.03. The minimum atomic E-state index is -0.608. The first-order valence-electron chi connectivity index (χ1n) is 5.73. The van der Waals surface area contributed by atoms with Gasteiger partial charge in [-0.25, -0.2) is 0 Å². The molecule has 0 aromatic heterocycles. The molecule has 3 nitrogen and oxygen atoms in total. The lowest BCUT2D eigenvalue weighted by Crippen LogP contribution is -2.47. The monoisotopic (exact) mass is 229 g/mol. The summed E-state index contributed by atoms with van der Waals surface area (Å²) in [7, 11) is 0. The quantitative estimate of drug-likeness (QED) is 0.779. The van der Waals surface area contributed by atoms with Crippen molar-refractivity contribution in [1.29, 1.82) is 0 Å². The lowest BCUT2D eigenvalue weighted by molar-refractivity contribution is -0.145. The number of piperidine rings is 1. The van der Waals surface area contributed by atoms with Gasteiger partial charge in [0.2, 0.25) is 0 Å². The molecule has 0 amide bonds. The van der Waals surface area contributed by atoms with E-state index in [2.05, 4.69) is 11.8 Å². The van der Waals surface area contributed by atoms with Gasteiger partial charge in [-0.2, -0.15) is 11.8 Å². The molecule has 1 N–H and O–H groups in total. The number of hydrogen-bond acceptors (Lipinski definition) is 3. The zero-order valence-corrected chi connectivity index (χ0v) is 10.0. The summed E-state index contributed by atoms with van der Waals surface area (Å²) in [5.41, 5.74) is 0. The Kier molecular flexibility index (Phi) is 3.57. The summed E-state index contributed by atoms with van der Waals surface area (Å²) >= 11 is 2.03. The Hall–Kier alpha value is -0.220. The Balaban J connectivity index is 1.90. The number of carboxylic acids is 1. The summed E-state index contributed by atoms with van der Waals surface area (Å²) in [6.07, 6.45) is 2.12. The first kappa shape index (κ1) is 11.3. The molecule has 0 radical (unpaired) electrons. The topological polar surface area (TPSA) is 40.5 Å². The Bertz CT molecular complexity index is 241.